The summed E-state index contributed by atoms with van der Waals surface area (Å²) in [6.45, 7) is 5.59. The van der Waals surface area contributed by atoms with Crippen molar-refractivity contribution in [3.63, 3.8) is 0 Å². The van der Waals surface area contributed by atoms with Crippen molar-refractivity contribution < 1.29 is 4.79 Å². The predicted molar refractivity (Wildman–Crippen MR) is 64.5 cm³/mol. The largest absolute Gasteiger partial charge is 0.355 e. The number of nitrogens with one attached hydrogen (secondary N) is 2. The molecular weight excluding hydrogens is 222 g/mol. The zero-order chi connectivity index (χ0) is 11.5. The minimum absolute atomic E-state index is 0.0433. The predicted octanol–water partition coefficient (Wildman–Crippen LogP) is 1.13. The lowest BCUT2D eigenvalue weighted by Gasteiger charge is -2.22. The molecule has 0 spiro atoms. The summed E-state index contributed by atoms with van der Waals surface area (Å²) in [5.74, 6) is 0.122. The Kier molecular flexibility index (Phi) is 3.56. The van der Waals surface area contributed by atoms with Crippen LogP contribution in [0.4, 0.5) is 0 Å². The van der Waals surface area contributed by atoms with Gasteiger partial charge in [0, 0.05) is 18.0 Å². The van der Waals surface area contributed by atoms with Crippen molar-refractivity contribution >= 4 is 17.2 Å². The number of nitrogens with zero attached hydrogens (tertiary/aromatic N) is 1. The molecule has 1 atom stereocenters. The Labute approximate surface area is 99.5 Å². The highest BCUT2D eigenvalue weighted by molar-refractivity contribution is 7.11. The van der Waals surface area contributed by atoms with Gasteiger partial charge in [-0.25, -0.2) is 4.98 Å². The second-order valence-corrected chi connectivity index (χ2v) is 5.40. The van der Waals surface area contributed by atoms with Crippen LogP contribution >= 0.6 is 11.3 Å². The zero-order valence-electron chi connectivity index (χ0n) is 9.67. The van der Waals surface area contributed by atoms with Gasteiger partial charge in [0.15, 0.2) is 0 Å². The van der Waals surface area contributed by atoms with E-state index in [2.05, 4.69) is 22.5 Å². The van der Waals surface area contributed by atoms with Gasteiger partial charge >= 0.3 is 0 Å². The lowest BCUT2D eigenvalue weighted by molar-refractivity contribution is -0.124. The quantitative estimate of drug-likeness (QED) is 0.831. The molecule has 1 aromatic heterocycles. The molecule has 2 heterocycles. The van der Waals surface area contributed by atoms with Crippen molar-refractivity contribution in [3.8, 4) is 0 Å². The van der Waals surface area contributed by atoms with Gasteiger partial charge in [-0.15, -0.1) is 11.3 Å². The molecule has 1 aromatic rings. The summed E-state index contributed by atoms with van der Waals surface area (Å²) < 4.78 is 0. The molecule has 1 aliphatic rings. The molecule has 5 heteroatoms. The standard InChI is InChI=1S/C11H17N3OS/c1-7-8(2)16-10(14-7)6-13-9-4-3-5-12-11(9)15/h9,13H,3-6H2,1-2H3,(H,12,15). The monoisotopic (exact) mass is 239 g/mol. The Morgan fingerprint density at radius 3 is 3.00 bits per heavy atom. The number of rotatable bonds is 3. The molecule has 4 nitrogen and oxygen atoms in total. The first-order valence-corrected chi connectivity index (χ1v) is 6.42. The minimum Gasteiger partial charge on any atom is -0.355 e. The third-order valence-electron chi connectivity index (χ3n) is 2.86. The van der Waals surface area contributed by atoms with Crippen LogP contribution in [-0.2, 0) is 11.3 Å². The average Bonchev–Trinajstić information content (AvgIpc) is 2.57. The molecule has 0 aliphatic carbocycles. The molecule has 0 radical (unpaired) electrons. The molecule has 0 saturated carbocycles. The first kappa shape index (κ1) is 11.5. The van der Waals surface area contributed by atoms with E-state index in [-0.39, 0.29) is 11.9 Å². The van der Waals surface area contributed by atoms with Crippen LogP contribution in [0.5, 0.6) is 0 Å². The molecular formula is C11H17N3OS. The molecule has 1 saturated heterocycles. The van der Waals surface area contributed by atoms with E-state index < -0.39 is 0 Å². The third kappa shape index (κ3) is 2.59. The van der Waals surface area contributed by atoms with Gasteiger partial charge < -0.3 is 5.32 Å². The Hall–Kier alpha value is -0.940. The second kappa shape index (κ2) is 4.93. The second-order valence-electron chi connectivity index (χ2n) is 4.12. The summed E-state index contributed by atoms with van der Waals surface area (Å²) in [6, 6.07) is -0.0433. The maximum atomic E-state index is 11.5. The summed E-state index contributed by atoms with van der Waals surface area (Å²) in [6.07, 6.45) is 1.98. The molecule has 2 rings (SSSR count). The molecule has 0 bridgehead atoms. The number of hydrogen-bond donors (Lipinski definition) is 2. The minimum atomic E-state index is -0.0433. The highest BCUT2D eigenvalue weighted by Gasteiger charge is 2.21. The number of aromatic nitrogens is 1. The Balaban J connectivity index is 1.89. The first-order valence-electron chi connectivity index (χ1n) is 5.61. The van der Waals surface area contributed by atoms with Crippen molar-refractivity contribution in [1.29, 1.82) is 0 Å². The van der Waals surface area contributed by atoms with Crippen molar-refractivity contribution in [2.75, 3.05) is 6.54 Å². The van der Waals surface area contributed by atoms with E-state index in [0.29, 0.717) is 6.54 Å². The normalized spacial score (nSPS) is 20.9. The van der Waals surface area contributed by atoms with Gasteiger partial charge in [0.25, 0.3) is 0 Å². The maximum Gasteiger partial charge on any atom is 0.237 e. The van der Waals surface area contributed by atoms with E-state index in [4.69, 9.17) is 0 Å². The molecule has 2 N–H and O–H groups in total. The number of aryl methyl sites for hydroxylation is 2. The Morgan fingerprint density at radius 2 is 2.38 bits per heavy atom. The topological polar surface area (TPSA) is 54.0 Å². The zero-order valence-corrected chi connectivity index (χ0v) is 10.5. The number of carbonyl (C=O) groups is 1. The summed E-state index contributed by atoms with van der Waals surface area (Å²) in [7, 11) is 0. The van der Waals surface area contributed by atoms with E-state index in [0.717, 1.165) is 30.1 Å². The number of thiazole rings is 1. The smallest absolute Gasteiger partial charge is 0.237 e. The van der Waals surface area contributed by atoms with Crippen LogP contribution in [-0.4, -0.2) is 23.5 Å². The van der Waals surface area contributed by atoms with Crippen LogP contribution in [0.1, 0.15) is 28.4 Å². The number of amides is 1. The molecule has 1 amide bonds. The summed E-state index contributed by atoms with van der Waals surface area (Å²) >= 11 is 1.70. The van der Waals surface area contributed by atoms with Crippen LogP contribution in [0.15, 0.2) is 0 Å². The first-order chi connectivity index (χ1) is 7.66. The van der Waals surface area contributed by atoms with Crippen LogP contribution < -0.4 is 10.6 Å². The van der Waals surface area contributed by atoms with Gasteiger partial charge in [-0.1, -0.05) is 0 Å². The number of hydrogen-bond acceptors (Lipinski definition) is 4. The average molecular weight is 239 g/mol. The van der Waals surface area contributed by atoms with Gasteiger partial charge in [0.1, 0.15) is 5.01 Å². The highest BCUT2D eigenvalue weighted by Crippen LogP contribution is 2.16. The summed E-state index contributed by atoms with van der Waals surface area (Å²) in [4.78, 5) is 17.2. The van der Waals surface area contributed by atoms with Crippen molar-refractivity contribution in [2.45, 2.75) is 39.3 Å². The SMILES string of the molecule is Cc1nc(CNC2CCCNC2=O)sc1C. The summed E-state index contributed by atoms with van der Waals surface area (Å²) in [5.41, 5.74) is 1.09. The van der Waals surface area contributed by atoms with Crippen LogP contribution in [0, 0.1) is 13.8 Å². The molecule has 88 valence electrons. The Morgan fingerprint density at radius 1 is 1.56 bits per heavy atom. The fourth-order valence-corrected chi connectivity index (χ4v) is 2.68. The number of carbonyl (C=O) groups excluding carboxylic acids is 1. The highest BCUT2D eigenvalue weighted by atomic mass is 32.1. The molecule has 1 fully saturated rings. The molecule has 0 aromatic carbocycles. The van der Waals surface area contributed by atoms with E-state index in [1.54, 1.807) is 11.3 Å². The van der Waals surface area contributed by atoms with E-state index in [9.17, 15) is 4.79 Å². The van der Waals surface area contributed by atoms with Crippen molar-refractivity contribution in [3.05, 3.63) is 15.6 Å². The van der Waals surface area contributed by atoms with E-state index >= 15 is 0 Å². The van der Waals surface area contributed by atoms with Crippen molar-refractivity contribution in [2.24, 2.45) is 0 Å². The van der Waals surface area contributed by atoms with Crippen LogP contribution in [0.2, 0.25) is 0 Å². The van der Waals surface area contributed by atoms with E-state index in [1.807, 2.05) is 6.92 Å². The lowest BCUT2D eigenvalue weighted by Crippen LogP contribution is -2.47. The molecule has 1 aliphatic heterocycles. The fraction of sp³-hybridized carbons (Fsp3) is 0.636. The van der Waals surface area contributed by atoms with Crippen molar-refractivity contribution in [1.82, 2.24) is 15.6 Å². The summed E-state index contributed by atoms with van der Waals surface area (Å²) in [5, 5.41) is 7.19. The van der Waals surface area contributed by atoms with Gasteiger partial charge in [0.05, 0.1) is 11.7 Å². The van der Waals surface area contributed by atoms with Gasteiger partial charge in [-0.05, 0) is 26.7 Å². The maximum absolute atomic E-state index is 11.5. The van der Waals surface area contributed by atoms with Gasteiger partial charge in [0.2, 0.25) is 5.91 Å². The Bertz CT molecular complexity index is 369. The van der Waals surface area contributed by atoms with Crippen LogP contribution in [0.25, 0.3) is 0 Å². The van der Waals surface area contributed by atoms with E-state index in [1.165, 1.54) is 4.88 Å². The number of piperidine rings is 1. The van der Waals surface area contributed by atoms with Gasteiger partial charge in [-0.2, -0.15) is 0 Å². The van der Waals surface area contributed by atoms with Gasteiger partial charge in [-0.3, -0.25) is 10.1 Å². The van der Waals surface area contributed by atoms with Crippen LogP contribution in [0.3, 0.4) is 0 Å². The third-order valence-corrected chi connectivity index (χ3v) is 3.93. The molecule has 16 heavy (non-hydrogen) atoms. The lowest BCUT2D eigenvalue weighted by atomic mass is 10.1. The fourth-order valence-electron chi connectivity index (χ4n) is 1.79. The molecule has 1 unspecified atom stereocenters.